The molecule has 2 aliphatic rings. The lowest BCUT2D eigenvalue weighted by molar-refractivity contribution is -0.123. The lowest BCUT2D eigenvalue weighted by atomic mass is 10.1. The first-order valence-corrected chi connectivity index (χ1v) is 5.31. The van der Waals surface area contributed by atoms with Gasteiger partial charge in [0.15, 0.2) is 0 Å². The van der Waals surface area contributed by atoms with Gasteiger partial charge in [-0.15, -0.1) is 0 Å². The molecule has 1 atom stereocenters. The number of rotatable bonds is 1. The molecule has 0 saturated carbocycles. The summed E-state index contributed by atoms with van der Waals surface area (Å²) in [6.45, 7) is 3.76. The van der Waals surface area contributed by atoms with Crippen molar-refractivity contribution in [2.75, 3.05) is 13.1 Å². The Morgan fingerprint density at radius 1 is 1.53 bits per heavy atom. The molecule has 82 valence electrons. The fourth-order valence-corrected chi connectivity index (χ4v) is 1.93. The van der Waals surface area contributed by atoms with Gasteiger partial charge in [0.05, 0.1) is 0 Å². The molecule has 0 aliphatic carbocycles. The molecule has 5 nitrogen and oxygen atoms in total. The van der Waals surface area contributed by atoms with E-state index < -0.39 is 0 Å². The molecule has 0 aromatic rings. The van der Waals surface area contributed by atoms with Crippen LogP contribution in [-0.4, -0.2) is 35.5 Å². The standard InChI is InChI=1S/C10H15N3O2/c1-7-4-5-13(6-7)10(15)8-2-3-9(14)12-11-8/h7H,2-6H2,1H3,(H,12,14). The third kappa shape index (κ3) is 2.16. The summed E-state index contributed by atoms with van der Waals surface area (Å²) >= 11 is 0. The van der Waals surface area contributed by atoms with Crippen LogP contribution in [0.25, 0.3) is 0 Å². The lowest BCUT2D eigenvalue weighted by Crippen LogP contribution is -2.38. The minimum atomic E-state index is -0.110. The van der Waals surface area contributed by atoms with Crippen molar-refractivity contribution in [1.29, 1.82) is 0 Å². The van der Waals surface area contributed by atoms with Crippen molar-refractivity contribution in [2.45, 2.75) is 26.2 Å². The monoisotopic (exact) mass is 209 g/mol. The molecule has 2 rings (SSSR count). The average molecular weight is 209 g/mol. The number of nitrogens with zero attached hydrogens (tertiary/aromatic N) is 2. The van der Waals surface area contributed by atoms with Crippen LogP contribution in [0.2, 0.25) is 0 Å². The summed E-state index contributed by atoms with van der Waals surface area (Å²) in [5.74, 6) is 0.452. The van der Waals surface area contributed by atoms with Gasteiger partial charge in [-0.25, -0.2) is 5.43 Å². The maximum atomic E-state index is 11.9. The van der Waals surface area contributed by atoms with Crippen molar-refractivity contribution in [2.24, 2.45) is 11.0 Å². The van der Waals surface area contributed by atoms with E-state index in [1.807, 2.05) is 4.90 Å². The number of amides is 2. The quantitative estimate of drug-likeness (QED) is 0.666. The van der Waals surface area contributed by atoms with E-state index >= 15 is 0 Å². The zero-order valence-corrected chi connectivity index (χ0v) is 8.82. The summed E-state index contributed by atoms with van der Waals surface area (Å²) < 4.78 is 0. The minimum absolute atomic E-state index is 0.0145. The van der Waals surface area contributed by atoms with Gasteiger partial charge >= 0.3 is 0 Å². The Hall–Kier alpha value is -1.39. The van der Waals surface area contributed by atoms with Crippen molar-refractivity contribution >= 4 is 17.5 Å². The van der Waals surface area contributed by atoms with Gasteiger partial charge in [-0.2, -0.15) is 5.10 Å². The summed E-state index contributed by atoms with van der Waals surface area (Å²) in [4.78, 5) is 24.6. The first-order chi connectivity index (χ1) is 7.16. The maximum absolute atomic E-state index is 11.9. The molecule has 1 N–H and O–H groups in total. The van der Waals surface area contributed by atoms with Crippen molar-refractivity contribution < 1.29 is 9.59 Å². The Balaban J connectivity index is 1.99. The number of likely N-dealkylation sites (tertiary alicyclic amines) is 1. The van der Waals surface area contributed by atoms with E-state index in [1.165, 1.54) is 0 Å². The molecule has 0 radical (unpaired) electrons. The van der Waals surface area contributed by atoms with Gasteiger partial charge in [0.2, 0.25) is 5.91 Å². The molecular weight excluding hydrogens is 194 g/mol. The number of carbonyl (C=O) groups excluding carboxylic acids is 2. The number of hydrazone groups is 1. The molecule has 1 fully saturated rings. The van der Waals surface area contributed by atoms with Crippen LogP contribution in [0.3, 0.4) is 0 Å². The third-order valence-corrected chi connectivity index (χ3v) is 2.86. The number of nitrogens with one attached hydrogen (secondary N) is 1. The van der Waals surface area contributed by atoms with Crippen LogP contribution >= 0.6 is 0 Å². The SMILES string of the molecule is CC1CCN(C(=O)C2=NNC(=O)CC2)C1. The molecule has 2 heterocycles. The molecule has 0 aromatic carbocycles. The maximum Gasteiger partial charge on any atom is 0.270 e. The van der Waals surface area contributed by atoms with E-state index in [-0.39, 0.29) is 11.8 Å². The topological polar surface area (TPSA) is 61.8 Å². The van der Waals surface area contributed by atoms with Gasteiger partial charge in [-0.05, 0) is 12.3 Å². The zero-order valence-electron chi connectivity index (χ0n) is 8.82. The summed E-state index contributed by atoms with van der Waals surface area (Å²) in [7, 11) is 0. The number of hydrogen-bond acceptors (Lipinski definition) is 3. The van der Waals surface area contributed by atoms with E-state index in [9.17, 15) is 9.59 Å². The van der Waals surface area contributed by atoms with Gasteiger partial charge in [0.1, 0.15) is 5.71 Å². The largest absolute Gasteiger partial charge is 0.337 e. The van der Waals surface area contributed by atoms with Gasteiger partial charge in [-0.3, -0.25) is 9.59 Å². The summed E-state index contributed by atoms with van der Waals surface area (Å²) in [6.07, 6.45) is 1.90. The summed E-state index contributed by atoms with van der Waals surface area (Å²) in [5.41, 5.74) is 2.84. The van der Waals surface area contributed by atoms with Gasteiger partial charge < -0.3 is 4.90 Å². The van der Waals surface area contributed by atoms with Crippen LogP contribution in [-0.2, 0) is 9.59 Å². The second kappa shape index (κ2) is 4.00. The van der Waals surface area contributed by atoms with Gasteiger partial charge in [-0.1, -0.05) is 6.92 Å². The first kappa shape index (κ1) is 10.1. The highest BCUT2D eigenvalue weighted by atomic mass is 16.2. The summed E-state index contributed by atoms with van der Waals surface area (Å²) in [5, 5.41) is 3.81. The van der Waals surface area contributed by atoms with Crippen LogP contribution < -0.4 is 5.43 Å². The number of hydrogen-bond donors (Lipinski definition) is 1. The highest BCUT2D eigenvalue weighted by Gasteiger charge is 2.28. The average Bonchev–Trinajstić information content (AvgIpc) is 2.65. The molecule has 15 heavy (non-hydrogen) atoms. The molecule has 2 amide bonds. The highest BCUT2D eigenvalue weighted by Crippen LogP contribution is 2.16. The van der Waals surface area contributed by atoms with Crippen molar-refractivity contribution in [3.8, 4) is 0 Å². The van der Waals surface area contributed by atoms with Crippen LogP contribution in [0.1, 0.15) is 26.2 Å². The lowest BCUT2D eigenvalue weighted by Gasteiger charge is -2.18. The van der Waals surface area contributed by atoms with Gasteiger partial charge in [0.25, 0.3) is 5.91 Å². The van der Waals surface area contributed by atoms with Crippen molar-refractivity contribution in [1.82, 2.24) is 10.3 Å². The van der Waals surface area contributed by atoms with Crippen LogP contribution in [0, 0.1) is 5.92 Å². The fraction of sp³-hybridized carbons (Fsp3) is 0.700. The third-order valence-electron chi connectivity index (χ3n) is 2.86. The second-order valence-corrected chi connectivity index (χ2v) is 4.24. The molecule has 0 spiro atoms. The Morgan fingerprint density at radius 3 is 2.87 bits per heavy atom. The van der Waals surface area contributed by atoms with E-state index in [0.717, 1.165) is 19.5 Å². The predicted octanol–water partition coefficient (Wildman–Crippen LogP) is 0.121. The van der Waals surface area contributed by atoms with E-state index in [2.05, 4.69) is 17.5 Å². The van der Waals surface area contributed by atoms with Crippen LogP contribution in [0.15, 0.2) is 5.10 Å². The minimum Gasteiger partial charge on any atom is -0.337 e. The Bertz CT molecular complexity index is 325. The van der Waals surface area contributed by atoms with E-state index in [1.54, 1.807) is 0 Å². The van der Waals surface area contributed by atoms with E-state index in [4.69, 9.17) is 0 Å². The fourth-order valence-electron chi connectivity index (χ4n) is 1.93. The molecule has 0 aromatic heterocycles. The molecular formula is C10H15N3O2. The zero-order chi connectivity index (χ0) is 10.8. The Labute approximate surface area is 88.5 Å². The molecule has 2 aliphatic heterocycles. The molecule has 0 bridgehead atoms. The second-order valence-electron chi connectivity index (χ2n) is 4.24. The highest BCUT2D eigenvalue weighted by molar-refractivity contribution is 6.39. The smallest absolute Gasteiger partial charge is 0.270 e. The normalized spacial score (nSPS) is 26.2. The van der Waals surface area contributed by atoms with E-state index in [0.29, 0.717) is 24.5 Å². The predicted molar refractivity (Wildman–Crippen MR) is 55.2 cm³/mol. The molecule has 1 unspecified atom stereocenters. The first-order valence-electron chi connectivity index (χ1n) is 5.31. The van der Waals surface area contributed by atoms with Crippen molar-refractivity contribution in [3.63, 3.8) is 0 Å². The Kier molecular flexibility index (Phi) is 2.70. The number of carbonyl (C=O) groups is 2. The Morgan fingerprint density at radius 2 is 2.33 bits per heavy atom. The van der Waals surface area contributed by atoms with Gasteiger partial charge in [0, 0.05) is 25.9 Å². The van der Waals surface area contributed by atoms with Crippen molar-refractivity contribution in [3.05, 3.63) is 0 Å². The molecule has 5 heteroatoms. The van der Waals surface area contributed by atoms with Crippen LogP contribution in [0.4, 0.5) is 0 Å². The summed E-state index contributed by atoms with van der Waals surface area (Å²) in [6, 6.07) is 0. The molecule has 1 saturated heterocycles. The van der Waals surface area contributed by atoms with Crippen LogP contribution in [0.5, 0.6) is 0 Å².